The number of anilines is 2. The van der Waals surface area contributed by atoms with E-state index in [1.54, 1.807) is 21.6 Å². The van der Waals surface area contributed by atoms with E-state index in [4.69, 9.17) is 0 Å². The van der Waals surface area contributed by atoms with Crippen molar-refractivity contribution < 1.29 is 9.59 Å². The van der Waals surface area contributed by atoms with Crippen molar-refractivity contribution in [1.82, 2.24) is 9.38 Å². The Kier molecular flexibility index (Phi) is 5.30. The van der Waals surface area contributed by atoms with Gasteiger partial charge in [-0.15, -0.1) is 0 Å². The number of amides is 2. The number of nitrogens with zero attached hydrogens (tertiary/aromatic N) is 3. The van der Waals surface area contributed by atoms with Crippen molar-refractivity contribution in [2.45, 2.75) is 13.8 Å². The highest BCUT2D eigenvalue weighted by atomic mass is 16.2. The lowest BCUT2D eigenvalue weighted by molar-refractivity contribution is 0.0985. The first-order valence-corrected chi connectivity index (χ1v) is 9.81. The van der Waals surface area contributed by atoms with E-state index in [2.05, 4.69) is 10.3 Å². The molecule has 30 heavy (non-hydrogen) atoms. The summed E-state index contributed by atoms with van der Waals surface area (Å²) in [5, 5.41) is 2.90. The van der Waals surface area contributed by atoms with Gasteiger partial charge in [0.1, 0.15) is 0 Å². The number of imidazole rings is 1. The summed E-state index contributed by atoms with van der Waals surface area (Å²) in [5.74, 6) is -0.448. The molecule has 4 aromatic rings. The smallest absolute Gasteiger partial charge is 0.292 e. The zero-order valence-electron chi connectivity index (χ0n) is 16.9. The van der Waals surface area contributed by atoms with E-state index < -0.39 is 0 Å². The number of benzene rings is 2. The Morgan fingerprint density at radius 3 is 2.40 bits per heavy atom. The number of rotatable bonds is 5. The maximum atomic E-state index is 13.4. The number of para-hydroxylation sites is 2. The number of hydrogen-bond acceptors (Lipinski definition) is 3. The normalized spacial score (nSPS) is 10.7. The van der Waals surface area contributed by atoms with Gasteiger partial charge < -0.3 is 10.2 Å². The number of aromatic nitrogens is 2. The van der Waals surface area contributed by atoms with Crippen LogP contribution in [0.2, 0.25) is 0 Å². The van der Waals surface area contributed by atoms with Crippen LogP contribution in [0.25, 0.3) is 5.52 Å². The number of aryl methyl sites for hydroxylation is 1. The molecule has 2 amide bonds. The highest BCUT2D eigenvalue weighted by Gasteiger charge is 2.25. The molecule has 0 spiro atoms. The average Bonchev–Trinajstić information content (AvgIpc) is 3.16. The van der Waals surface area contributed by atoms with E-state index in [-0.39, 0.29) is 23.3 Å². The second kappa shape index (κ2) is 8.21. The highest BCUT2D eigenvalue weighted by Crippen LogP contribution is 2.21. The molecular formula is C24H22N4O2. The summed E-state index contributed by atoms with van der Waals surface area (Å²) in [6, 6.07) is 22.4. The number of carbonyl (C=O) groups is 2. The number of fused-ring (bicyclic) bond motifs is 1. The fourth-order valence-electron chi connectivity index (χ4n) is 3.43. The van der Waals surface area contributed by atoms with Crippen molar-refractivity contribution in [3.05, 3.63) is 96.1 Å². The van der Waals surface area contributed by atoms with Gasteiger partial charge in [0.2, 0.25) is 5.82 Å². The molecule has 0 saturated heterocycles. The van der Waals surface area contributed by atoms with Crippen LogP contribution in [0.15, 0.2) is 79.0 Å². The molecule has 6 nitrogen and oxygen atoms in total. The SMILES string of the molecule is CCN(C(=O)c1nc(C(=O)Nc2ccccc2C)n2ccccc12)c1ccccc1. The van der Waals surface area contributed by atoms with Gasteiger partial charge in [-0.2, -0.15) is 0 Å². The third-order valence-corrected chi connectivity index (χ3v) is 4.98. The first-order valence-electron chi connectivity index (χ1n) is 9.81. The number of pyridine rings is 1. The van der Waals surface area contributed by atoms with Crippen LogP contribution < -0.4 is 10.2 Å². The highest BCUT2D eigenvalue weighted by molar-refractivity contribution is 6.11. The van der Waals surface area contributed by atoms with Gasteiger partial charge in [-0.25, -0.2) is 4.98 Å². The zero-order chi connectivity index (χ0) is 21.1. The molecule has 1 N–H and O–H groups in total. The maximum Gasteiger partial charge on any atom is 0.292 e. The molecule has 0 aliphatic rings. The van der Waals surface area contributed by atoms with Gasteiger partial charge in [-0.1, -0.05) is 42.5 Å². The van der Waals surface area contributed by atoms with Crippen molar-refractivity contribution in [2.24, 2.45) is 0 Å². The lowest BCUT2D eigenvalue weighted by Crippen LogP contribution is -2.31. The van der Waals surface area contributed by atoms with E-state index in [0.29, 0.717) is 17.7 Å². The van der Waals surface area contributed by atoms with Gasteiger partial charge in [-0.05, 0) is 49.7 Å². The molecule has 2 aromatic heterocycles. The fraction of sp³-hybridized carbons (Fsp3) is 0.125. The summed E-state index contributed by atoms with van der Waals surface area (Å²) in [4.78, 5) is 32.5. The molecule has 0 aliphatic carbocycles. The summed E-state index contributed by atoms with van der Waals surface area (Å²) in [6.07, 6.45) is 1.74. The number of nitrogens with one attached hydrogen (secondary N) is 1. The number of hydrogen-bond donors (Lipinski definition) is 1. The third-order valence-electron chi connectivity index (χ3n) is 4.98. The first-order chi connectivity index (χ1) is 14.6. The zero-order valence-corrected chi connectivity index (χ0v) is 16.9. The minimum atomic E-state index is -0.368. The van der Waals surface area contributed by atoms with Crippen LogP contribution >= 0.6 is 0 Å². The van der Waals surface area contributed by atoms with Gasteiger partial charge in [0.05, 0.1) is 5.52 Å². The summed E-state index contributed by atoms with van der Waals surface area (Å²) in [7, 11) is 0. The van der Waals surface area contributed by atoms with Gasteiger partial charge in [0, 0.05) is 24.1 Å². The second-order valence-corrected chi connectivity index (χ2v) is 6.89. The molecular weight excluding hydrogens is 376 g/mol. The molecule has 4 rings (SSSR count). The minimum absolute atomic E-state index is 0.168. The molecule has 0 fully saturated rings. The van der Waals surface area contributed by atoms with E-state index in [1.165, 1.54) is 0 Å². The summed E-state index contributed by atoms with van der Waals surface area (Å²) < 4.78 is 1.65. The Morgan fingerprint density at radius 2 is 1.67 bits per heavy atom. The molecule has 0 unspecified atom stereocenters. The van der Waals surface area contributed by atoms with E-state index >= 15 is 0 Å². The third kappa shape index (κ3) is 3.55. The van der Waals surface area contributed by atoms with Crippen LogP contribution in [0.1, 0.15) is 33.6 Å². The first kappa shape index (κ1) is 19.4. The molecule has 6 heteroatoms. The predicted molar refractivity (Wildman–Crippen MR) is 118 cm³/mol. The Bertz CT molecular complexity index is 1210. The maximum absolute atomic E-state index is 13.4. The topological polar surface area (TPSA) is 66.7 Å². The van der Waals surface area contributed by atoms with Crippen molar-refractivity contribution in [3.8, 4) is 0 Å². The molecule has 2 heterocycles. The van der Waals surface area contributed by atoms with Crippen molar-refractivity contribution in [1.29, 1.82) is 0 Å². The molecule has 0 saturated carbocycles. The largest absolute Gasteiger partial charge is 0.319 e. The number of carbonyl (C=O) groups excluding carboxylic acids is 2. The molecule has 0 aliphatic heterocycles. The summed E-state index contributed by atoms with van der Waals surface area (Å²) >= 11 is 0. The summed E-state index contributed by atoms with van der Waals surface area (Å²) in [6.45, 7) is 4.32. The minimum Gasteiger partial charge on any atom is -0.319 e. The van der Waals surface area contributed by atoms with E-state index in [1.807, 2.05) is 80.6 Å². The monoisotopic (exact) mass is 398 g/mol. The predicted octanol–water partition coefficient (Wildman–Crippen LogP) is 4.56. The Hall–Kier alpha value is -3.93. The molecule has 0 atom stereocenters. The van der Waals surface area contributed by atoms with E-state index in [9.17, 15) is 9.59 Å². The standard InChI is InChI=1S/C24H22N4O2/c1-3-27(18-12-5-4-6-13-18)24(30)21-20-15-9-10-16-28(20)22(26-21)23(29)25-19-14-8-7-11-17(19)2/h4-16H,3H2,1-2H3,(H,25,29). The average molecular weight is 398 g/mol. The molecule has 150 valence electrons. The quantitative estimate of drug-likeness (QED) is 0.536. The lowest BCUT2D eigenvalue weighted by atomic mass is 10.2. The Balaban J connectivity index is 1.74. The van der Waals surface area contributed by atoms with Crippen LogP contribution in [0.5, 0.6) is 0 Å². The van der Waals surface area contributed by atoms with Crippen LogP contribution in [-0.4, -0.2) is 27.7 Å². The molecule has 0 radical (unpaired) electrons. The fourth-order valence-corrected chi connectivity index (χ4v) is 3.43. The van der Waals surface area contributed by atoms with Gasteiger partial charge in [0.25, 0.3) is 11.8 Å². The second-order valence-electron chi connectivity index (χ2n) is 6.89. The van der Waals surface area contributed by atoms with Gasteiger partial charge in [-0.3, -0.25) is 14.0 Å². The van der Waals surface area contributed by atoms with Crippen LogP contribution in [0.3, 0.4) is 0 Å². The van der Waals surface area contributed by atoms with Crippen molar-refractivity contribution >= 4 is 28.7 Å². The van der Waals surface area contributed by atoms with Crippen molar-refractivity contribution in [2.75, 3.05) is 16.8 Å². The van der Waals surface area contributed by atoms with Crippen LogP contribution in [0.4, 0.5) is 11.4 Å². The summed E-state index contributed by atoms with van der Waals surface area (Å²) in [5.41, 5.74) is 3.28. The Labute approximate surface area is 174 Å². The molecule has 2 aromatic carbocycles. The lowest BCUT2D eigenvalue weighted by Gasteiger charge is -2.20. The van der Waals surface area contributed by atoms with Crippen LogP contribution in [0, 0.1) is 6.92 Å². The van der Waals surface area contributed by atoms with Gasteiger partial charge in [0.15, 0.2) is 5.69 Å². The molecule has 0 bridgehead atoms. The van der Waals surface area contributed by atoms with E-state index in [0.717, 1.165) is 11.3 Å². The van der Waals surface area contributed by atoms with Crippen LogP contribution in [-0.2, 0) is 0 Å². The Morgan fingerprint density at radius 1 is 0.967 bits per heavy atom. The van der Waals surface area contributed by atoms with Gasteiger partial charge >= 0.3 is 0 Å². The van der Waals surface area contributed by atoms with Crippen molar-refractivity contribution in [3.63, 3.8) is 0 Å².